The van der Waals surface area contributed by atoms with Gasteiger partial charge in [0.2, 0.25) is 11.8 Å². The summed E-state index contributed by atoms with van der Waals surface area (Å²) in [5.41, 5.74) is 3.99. The van der Waals surface area contributed by atoms with Crippen LogP contribution < -0.4 is 9.47 Å². The number of hydrogen-bond acceptors (Lipinski definition) is 10. The molecule has 0 spiro atoms. The van der Waals surface area contributed by atoms with Gasteiger partial charge in [-0.3, -0.25) is 19.8 Å². The topological polar surface area (TPSA) is 117 Å². The van der Waals surface area contributed by atoms with E-state index in [-0.39, 0.29) is 0 Å². The molecule has 2 aliphatic rings. The number of β-amino-alcohol motifs (C(OH)–C–C–N with tert-alkyl or cyclic N) is 2. The molecule has 2 aliphatic heterocycles. The first-order valence-corrected chi connectivity index (χ1v) is 15.0. The fourth-order valence-electron chi connectivity index (χ4n) is 5.95. The van der Waals surface area contributed by atoms with E-state index in [0.717, 1.165) is 11.1 Å². The average molecular weight is 638 g/mol. The second kappa shape index (κ2) is 11.8. The molecular formula is C32H34Cl2N6O4. The fourth-order valence-corrected chi connectivity index (χ4v) is 6.60. The fraction of sp³-hybridized carbons (Fsp3) is 0.375. The molecule has 2 saturated heterocycles. The molecule has 4 aromatic rings. The van der Waals surface area contributed by atoms with Gasteiger partial charge in [0.25, 0.3) is 0 Å². The first kappa shape index (κ1) is 30.6. The standard InChI is InChI=1S/C32H34Cl2N6O4/c1-31(41)15-39(16-31)13-25-29(43-3)37-23(11-35-25)21-9-5-7-19(27(21)33)20-8-6-10-22(28(20)34)24-12-36-26(30(38-24)44-4)14-40-17-32(2,42)18-40/h5-12,41-42H,13-18H2,1-4H3. The number of nitrogens with zero attached hydrogens (tertiary/aromatic N) is 6. The molecule has 2 aromatic carbocycles. The lowest BCUT2D eigenvalue weighted by molar-refractivity contribution is -0.0881. The Kier molecular flexibility index (Phi) is 8.25. The van der Waals surface area contributed by atoms with E-state index >= 15 is 0 Å². The molecule has 0 saturated carbocycles. The number of benzene rings is 2. The van der Waals surface area contributed by atoms with E-state index < -0.39 is 11.2 Å². The number of halogens is 2. The molecule has 2 aromatic heterocycles. The van der Waals surface area contributed by atoms with Crippen LogP contribution in [0.15, 0.2) is 48.8 Å². The second-order valence-corrected chi connectivity index (χ2v) is 12.8. The lowest BCUT2D eigenvalue weighted by atomic mass is 9.97. The van der Waals surface area contributed by atoms with Crippen molar-refractivity contribution in [1.82, 2.24) is 29.7 Å². The van der Waals surface area contributed by atoms with E-state index in [9.17, 15) is 10.2 Å². The van der Waals surface area contributed by atoms with Gasteiger partial charge in [0.1, 0.15) is 11.4 Å². The maximum atomic E-state index is 10.1. The average Bonchev–Trinajstić information content (AvgIpc) is 2.96. The van der Waals surface area contributed by atoms with Crippen LogP contribution >= 0.6 is 23.2 Å². The van der Waals surface area contributed by atoms with Crippen LogP contribution in [0.1, 0.15) is 25.2 Å². The van der Waals surface area contributed by atoms with Gasteiger partial charge < -0.3 is 19.7 Å². The van der Waals surface area contributed by atoms with Crippen LogP contribution in [0.4, 0.5) is 0 Å². The molecule has 4 heterocycles. The molecule has 0 atom stereocenters. The summed E-state index contributed by atoms with van der Waals surface area (Å²) in [4.78, 5) is 22.9. The largest absolute Gasteiger partial charge is 0.480 e. The van der Waals surface area contributed by atoms with Crippen LogP contribution in [0.2, 0.25) is 10.0 Å². The predicted molar refractivity (Wildman–Crippen MR) is 169 cm³/mol. The minimum Gasteiger partial charge on any atom is -0.480 e. The van der Waals surface area contributed by atoms with E-state index in [1.807, 2.05) is 50.2 Å². The lowest BCUT2D eigenvalue weighted by Gasteiger charge is -2.44. The molecule has 2 fully saturated rings. The summed E-state index contributed by atoms with van der Waals surface area (Å²) >= 11 is 14.0. The minimum atomic E-state index is -0.673. The molecule has 44 heavy (non-hydrogen) atoms. The summed E-state index contributed by atoms with van der Waals surface area (Å²) in [5, 5.41) is 21.1. The minimum absolute atomic E-state index is 0.408. The normalized spacial score (nSPS) is 17.5. The van der Waals surface area contributed by atoms with Gasteiger partial charge >= 0.3 is 0 Å². The van der Waals surface area contributed by atoms with Crippen molar-refractivity contribution in [3.05, 3.63) is 70.2 Å². The van der Waals surface area contributed by atoms with Crippen LogP contribution in [0, 0.1) is 0 Å². The molecule has 0 aliphatic carbocycles. The van der Waals surface area contributed by atoms with Crippen LogP contribution in [0.25, 0.3) is 33.6 Å². The van der Waals surface area contributed by atoms with Crippen LogP contribution in [-0.2, 0) is 13.1 Å². The van der Waals surface area contributed by atoms with Gasteiger partial charge in [-0.2, -0.15) is 0 Å². The number of ether oxygens (including phenoxy) is 2. The van der Waals surface area contributed by atoms with Gasteiger partial charge in [-0.25, -0.2) is 9.97 Å². The highest BCUT2D eigenvalue weighted by atomic mass is 35.5. The van der Waals surface area contributed by atoms with Gasteiger partial charge in [-0.05, 0) is 13.8 Å². The van der Waals surface area contributed by atoms with Crippen molar-refractivity contribution in [2.45, 2.75) is 38.1 Å². The van der Waals surface area contributed by atoms with Gasteiger partial charge in [0.15, 0.2) is 0 Å². The van der Waals surface area contributed by atoms with E-state index in [4.69, 9.17) is 42.6 Å². The van der Waals surface area contributed by atoms with Crippen molar-refractivity contribution in [2.24, 2.45) is 0 Å². The van der Waals surface area contributed by atoms with Crippen LogP contribution in [0.3, 0.4) is 0 Å². The van der Waals surface area contributed by atoms with Crippen LogP contribution in [0.5, 0.6) is 11.8 Å². The third-order valence-electron chi connectivity index (χ3n) is 7.85. The lowest BCUT2D eigenvalue weighted by Crippen LogP contribution is -2.59. The second-order valence-electron chi connectivity index (χ2n) is 12.0. The highest BCUT2D eigenvalue weighted by molar-refractivity contribution is 6.39. The summed E-state index contributed by atoms with van der Waals surface area (Å²) in [7, 11) is 3.12. The summed E-state index contributed by atoms with van der Waals surface area (Å²) < 4.78 is 11.1. The Hall–Kier alpha value is -3.38. The molecule has 10 nitrogen and oxygen atoms in total. The zero-order chi connectivity index (χ0) is 31.2. The van der Waals surface area contributed by atoms with Gasteiger partial charge in [0.05, 0.1) is 59.2 Å². The zero-order valence-electron chi connectivity index (χ0n) is 25.0. The molecule has 0 bridgehead atoms. The highest BCUT2D eigenvalue weighted by Gasteiger charge is 2.38. The van der Waals surface area contributed by atoms with Gasteiger partial charge in [-0.1, -0.05) is 59.6 Å². The van der Waals surface area contributed by atoms with Crippen LogP contribution in [-0.4, -0.2) is 91.5 Å². The van der Waals surface area contributed by atoms with Gasteiger partial charge in [-0.15, -0.1) is 0 Å². The Bertz CT molecular complexity index is 1580. The summed E-state index contributed by atoms with van der Waals surface area (Å²) in [5.74, 6) is 0.817. The third-order valence-corrected chi connectivity index (χ3v) is 8.67. The maximum Gasteiger partial charge on any atom is 0.237 e. The van der Waals surface area contributed by atoms with Gasteiger partial charge in [0, 0.05) is 61.5 Å². The first-order valence-electron chi connectivity index (χ1n) is 14.2. The van der Waals surface area contributed by atoms with E-state index in [1.165, 1.54) is 0 Å². The van der Waals surface area contributed by atoms with Crippen molar-refractivity contribution in [1.29, 1.82) is 0 Å². The van der Waals surface area contributed by atoms with Crippen molar-refractivity contribution in [2.75, 3.05) is 40.4 Å². The Balaban J connectivity index is 1.28. The Morgan fingerprint density at radius 3 is 1.39 bits per heavy atom. The first-order chi connectivity index (χ1) is 21.0. The Labute approximate surface area is 266 Å². The SMILES string of the molecule is COc1nc(-c2cccc(-c3cccc(-c4cnc(CN5CC(C)(O)C5)c(OC)n4)c3Cl)c2Cl)cnc1CN1CC(C)(O)C1. The highest BCUT2D eigenvalue weighted by Crippen LogP contribution is 2.42. The summed E-state index contributed by atoms with van der Waals surface area (Å²) in [6.45, 7) is 6.95. The summed E-state index contributed by atoms with van der Waals surface area (Å²) in [6.07, 6.45) is 3.37. The Morgan fingerprint density at radius 1 is 0.682 bits per heavy atom. The quantitative estimate of drug-likeness (QED) is 0.267. The molecular weight excluding hydrogens is 603 g/mol. The van der Waals surface area contributed by atoms with E-state index in [0.29, 0.717) is 95.0 Å². The molecule has 230 valence electrons. The molecule has 12 heteroatoms. The smallest absolute Gasteiger partial charge is 0.237 e. The number of likely N-dealkylation sites (tertiary alicyclic amines) is 2. The molecule has 0 amide bonds. The molecule has 2 N–H and O–H groups in total. The van der Waals surface area contributed by atoms with Crippen molar-refractivity contribution in [3.63, 3.8) is 0 Å². The third kappa shape index (κ3) is 6.10. The predicted octanol–water partition coefficient (Wildman–Crippen LogP) is 4.72. The van der Waals surface area contributed by atoms with Crippen molar-refractivity contribution < 1.29 is 19.7 Å². The van der Waals surface area contributed by atoms with Crippen molar-refractivity contribution >= 4 is 23.2 Å². The number of methoxy groups -OCH3 is 2. The summed E-state index contributed by atoms with van der Waals surface area (Å²) in [6, 6.07) is 11.4. The van der Waals surface area contributed by atoms with Crippen molar-refractivity contribution in [3.8, 4) is 45.4 Å². The number of hydrogen-bond donors (Lipinski definition) is 2. The number of rotatable bonds is 9. The number of aromatic nitrogens is 4. The monoisotopic (exact) mass is 636 g/mol. The van der Waals surface area contributed by atoms with E-state index in [2.05, 4.69) is 19.8 Å². The number of aliphatic hydroxyl groups is 2. The van der Waals surface area contributed by atoms with E-state index in [1.54, 1.807) is 26.6 Å². The zero-order valence-corrected chi connectivity index (χ0v) is 26.5. The Morgan fingerprint density at radius 2 is 1.05 bits per heavy atom. The molecule has 0 radical (unpaired) electrons. The molecule has 6 rings (SSSR count). The maximum absolute atomic E-state index is 10.1. The molecule has 0 unspecified atom stereocenters.